The van der Waals surface area contributed by atoms with Gasteiger partial charge in [0, 0.05) is 27.8 Å². The molecule has 2 aromatic carbocycles. The number of amides is 1. The van der Waals surface area contributed by atoms with Gasteiger partial charge < -0.3 is 14.8 Å². The number of halogens is 2. The van der Waals surface area contributed by atoms with Crippen molar-refractivity contribution in [3.8, 4) is 21.9 Å². The average Bonchev–Trinajstić information content (AvgIpc) is 3.21. The van der Waals surface area contributed by atoms with Crippen LogP contribution in [0.25, 0.3) is 16.5 Å². The fourth-order valence-corrected chi connectivity index (χ4v) is 3.38. The van der Waals surface area contributed by atoms with Gasteiger partial charge in [0.25, 0.3) is 0 Å². The van der Waals surface area contributed by atoms with E-state index in [0.29, 0.717) is 11.3 Å². The molecule has 1 heterocycles. The first-order valence-corrected chi connectivity index (χ1v) is 9.20. The number of carbonyl (C=O) groups is 1. The summed E-state index contributed by atoms with van der Waals surface area (Å²) >= 11 is 1.57. The predicted molar refractivity (Wildman–Crippen MR) is 107 cm³/mol. The molecule has 144 valence electrons. The molecule has 0 fully saturated rings. The van der Waals surface area contributed by atoms with Crippen LogP contribution in [0.3, 0.4) is 0 Å². The Balaban J connectivity index is 1.81. The summed E-state index contributed by atoms with van der Waals surface area (Å²) < 4.78 is 35.0. The van der Waals surface area contributed by atoms with E-state index in [1.54, 1.807) is 29.5 Å². The Hall–Kier alpha value is -3.19. The minimum atomic E-state index is -3.00. The molecule has 0 aliphatic carbocycles. The van der Waals surface area contributed by atoms with Crippen LogP contribution in [0.1, 0.15) is 5.56 Å². The van der Waals surface area contributed by atoms with Crippen LogP contribution in [-0.2, 0) is 4.79 Å². The van der Waals surface area contributed by atoms with Gasteiger partial charge in [0.05, 0.1) is 7.11 Å². The van der Waals surface area contributed by atoms with Crippen LogP contribution in [0.4, 0.5) is 14.5 Å². The van der Waals surface area contributed by atoms with E-state index in [4.69, 9.17) is 4.74 Å². The van der Waals surface area contributed by atoms with E-state index in [-0.39, 0.29) is 11.5 Å². The Labute approximate surface area is 165 Å². The number of carbonyl (C=O) groups excluding carboxylic acids is 1. The standard InChI is InChI=1S/C21H17F2NO3S/c1-26-17-9-4-6-14(20(17)27-21(22)23)11-12-19(25)24-16-8-3-2-7-15(16)18-10-5-13-28-18/h2-13,21H,1H3,(H,24,25)/b12-11+. The molecule has 3 aromatic rings. The van der Waals surface area contributed by atoms with E-state index in [1.165, 1.54) is 25.3 Å². The minimum absolute atomic E-state index is 0.122. The van der Waals surface area contributed by atoms with Crippen LogP contribution in [-0.4, -0.2) is 19.6 Å². The molecule has 7 heteroatoms. The van der Waals surface area contributed by atoms with Gasteiger partial charge in [0.1, 0.15) is 0 Å². The fourth-order valence-electron chi connectivity index (χ4n) is 2.62. The van der Waals surface area contributed by atoms with Gasteiger partial charge in [-0.1, -0.05) is 36.4 Å². The molecule has 1 amide bonds. The maximum atomic E-state index is 12.7. The van der Waals surface area contributed by atoms with Crippen molar-refractivity contribution in [1.82, 2.24) is 0 Å². The van der Waals surface area contributed by atoms with Crippen molar-refractivity contribution >= 4 is 29.0 Å². The first-order valence-electron chi connectivity index (χ1n) is 8.32. The van der Waals surface area contributed by atoms with E-state index < -0.39 is 12.5 Å². The maximum Gasteiger partial charge on any atom is 0.387 e. The van der Waals surface area contributed by atoms with Crippen molar-refractivity contribution < 1.29 is 23.0 Å². The van der Waals surface area contributed by atoms with Gasteiger partial charge in [-0.2, -0.15) is 8.78 Å². The third kappa shape index (κ3) is 4.75. The first-order chi connectivity index (χ1) is 13.6. The molecular formula is C21H17F2NO3S. The molecule has 4 nitrogen and oxygen atoms in total. The lowest BCUT2D eigenvalue weighted by molar-refractivity contribution is -0.111. The van der Waals surface area contributed by atoms with E-state index in [2.05, 4.69) is 10.1 Å². The van der Waals surface area contributed by atoms with Crippen molar-refractivity contribution in [1.29, 1.82) is 0 Å². The first kappa shape index (κ1) is 19.6. The number of alkyl halides is 2. The molecule has 1 N–H and O–H groups in total. The molecule has 1 aromatic heterocycles. The van der Waals surface area contributed by atoms with E-state index in [9.17, 15) is 13.6 Å². The second kappa shape index (κ2) is 9.14. The Morgan fingerprint density at radius 1 is 1.11 bits per heavy atom. The summed E-state index contributed by atoms with van der Waals surface area (Å²) in [5.74, 6) is -0.358. The van der Waals surface area contributed by atoms with E-state index in [1.807, 2.05) is 35.7 Å². The molecule has 0 aliphatic heterocycles. The molecule has 0 bridgehead atoms. The number of hydrogen-bond donors (Lipinski definition) is 1. The predicted octanol–water partition coefficient (Wildman–Crippen LogP) is 5.68. The van der Waals surface area contributed by atoms with Crippen LogP contribution >= 0.6 is 11.3 Å². The highest BCUT2D eigenvalue weighted by Gasteiger charge is 2.14. The van der Waals surface area contributed by atoms with Crippen molar-refractivity contribution in [2.45, 2.75) is 6.61 Å². The Morgan fingerprint density at radius 2 is 1.93 bits per heavy atom. The van der Waals surface area contributed by atoms with E-state index in [0.717, 1.165) is 10.4 Å². The van der Waals surface area contributed by atoms with Gasteiger partial charge in [0.2, 0.25) is 5.91 Å². The number of para-hydroxylation sites is 2. The summed E-state index contributed by atoms with van der Waals surface area (Å²) in [6.07, 6.45) is 2.67. The quantitative estimate of drug-likeness (QED) is 0.519. The van der Waals surface area contributed by atoms with Gasteiger partial charge in [-0.15, -0.1) is 11.3 Å². The second-order valence-electron chi connectivity index (χ2n) is 5.60. The lowest BCUT2D eigenvalue weighted by Gasteiger charge is -2.12. The summed E-state index contributed by atoms with van der Waals surface area (Å²) in [5, 5.41) is 4.78. The van der Waals surface area contributed by atoms with Gasteiger partial charge in [-0.3, -0.25) is 4.79 Å². The Bertz CT molecular complexity index is 972. The van der Waals surface area contributed by atoms with Crippen LogP contribution in [0.2, 0.25) is 0 Å². The van der Waals surface area contributed by atoms with Gasteiger partial charge in [-0.25, -0.2) is 0 Å². The van der Waals surface area contributed by atoms with Crippen LogP contribution in [0, 0.1) is 0 Å². The average molecular weight is 401 g/mol. The summed E-state index contributed by atoms with van der Waals surface area (Å²) in [5.41, 5.74) is 1.87. The maximum absolute atomic E-state index is 12.7. The molecular weight excluding hydrogens is 384 g/mol. The van der Waals surface area contributed by atoms with Gasteiger partial charge in [-0.05, 0) is 29.7 Å². The van der Waals surface area contributed by atoms with Crippen molar-refractivity contribution in [2.24, 2.45) is 0 Å². The zero-order valence-electron chi connectivity index (χ0n) is 14.9. The third-order valence-electron chi connectivity index (χ3n) is 3.82. The summed E-state index contributed by atoms with van der Waals surface area (Å²) in [4.78, 5) is 13.4. The molecule has 0 saturated carbocycles. The van der Waals surface area contributed by atoms with Crippen LogP contribution in [0.15, 0.2) is 66.1 Å². The van der Waals surface area contributed by atoms with E-state index >= 15 is 0 Å². The molecule has 0 atom stereocenters. The highest BCUT2D eigenvalue weighted by molar-refractivity contribution is 7.13. The SMILES string of the molecule is COc1cccc(/C=C/C(=O)Nc2ccccc2-c2cccs2)c1OC(F)F. The number of hydrogen-bond acceptors (Lipinski definition) is 4. The number of thiophene rings is 1. The zero-order chi connectivity index (χ0) is 19.9. The molecule has 0 aliphatic rings. The highest BCUT2D eigenvalue weighted by atomic mass is 32.1. The summed E-state index contributed by atoms with van der Waals surface area (Å²) in [6, 6.07) is 16.0. The topological polar surface area (TPSA) is 47.6 Å². The van der Waals surface area contributed by atoms with Crippen LogP contribution < -0.4 is 14.8 Å². The number of rotatable bonds is 7. The number of ether oxygens (including phenoxy) is 2. The molecule has 3 rings (SSSR count). The number of methoxy groups -OCH3 is 1. The normalized spacial score (nSPS) is 11.0. The van der Waals surface area contributed by atoms with Gasteiger partial charge >= 0.3 is 6.61 Å². The number of benzene rings is 2. The minimum Gasteiger partial charge on any atom is -0.493 e. The number of nitrogens with one attached hydrogen (secondary N) is 1. The second-order valence-corrected chi connectivity index (χ2v) is 6.55. The lowest BCUT2D eigenvalue weighted by Crippen LogP contribution is -2.09. The van der Waals surface area contributed by atoms with Gasteiger partial charge in [0.15, 0.2) is 11.5 Å². The molecule has 28 heavy (non-hydrogen) atoms. The summed E-state index contributed by atoms with van der Waals surface area (Å²) in [7, 11) is 1.36. The summed E-state index contributed by atoms with van der Waals surface area (Å²) in [6.45, 7) is -3.00. The fraction of sp³-hybridized carbons (Fsp3) is 0.0952. The monoisotopic (exact) mass is 401 g/mol. The van der Waals surface area contributed by atoms with Crippen molar-refractivity contribution in [3.63, 3.8) is 0 Å². The zero-order valence-corrected chi connectivity index (χ0v) is 15.7. The van der Waals surface area contributed by atoms with Crippen LogP contribution in [0.5, 0.6) is 11.5 Å². The third-order valence-corrected chi connectivity index (χ3v) is 4.73. The molecule has 0 radical (unpaired) electrons. The number of anilines is 1. The van der Waals surface area contributed by atoms with Crippen molar-refractivity contribution in [2.75, 3.05) is 12.4 Å². The highest BCUT2D eigenvalue weighted by Crippen LogP contribution is 2.34. The Morgan fingerprint density at radius 3 is 2.64 bits per heavy atom. The van der Waals surface area contributed by atoms with Crippen molar-refractivity contribution in [3.05, 3.63) is 71.6 Å². The molecule has 0 unspecified atom stereocenters. The smallest absolute Gasteiger partial charge is 0.387 e. The lowest BCUT2D eigenvalue weighted by atomic mass is 10.1. The largest absolute Gasteiger partial charge is 0.493 e. The Kier molecular flexibility index (Phi) is 6.39. The molecule has 0 saturated heterocycles. The molecule has 0 spiro atoms.